The largest absolute Gasteiger partial charge is 0.431 e. The van der Waals surface area contributed by atoms with Crippen molar-refractivity contribution in [3.8, 4) is 0 Å². The summed E-state index contributed by atoms with van der Waals surface area (Å²) in [4.78, 5) is 26.1. The number of aromatic amines is 1. The molecule has 5 nitrogen and oxygen atoms in total. The lowest BCUT2D eigenvalue weighted by Gasteiger charge is -2.32. The minimum atomic E-state index is -4.67. The molecule has 1 aliphatic heterocycles. The average Bonchev–Trinajstić information content (AvgIpc) is 2.54. The number of hydrogen-bond acceptors (Lipinski definition) is 3. The van der Waals surface area contributed by atoms with Crippen LogP contribution in [0.1, 0.15) is 46.6 Å². The van der Waals surface area contributed by atoms with Gasteiger partial charge in [-0.2, -0.15) is 13.2 Å². The maximum atomic E-state index is 12.6. The predicted molar refractivity (Wildman–Crippen MR) is 91.2 cm³/mol. The molecular weight excluding hydrogens is 347 g/mol. The van der Waals surface area contributed by atoms with E-state index in [1.165, 1.54) is 0 Å². The lowest BCUT2D eigenvalue weighted by Crippen LogP contribution is -2.38. The maximum absolute atomic E-state index is 12.6. The van der Waals surface area contributed by atoms with Crippen LogP contribution in [0.15, 0.2) is 35.1 Å². The molecule has 0 aliphatic carbocycles. The van der Waals surface area contributed by atoms with Gasteiger partial charge in [0.25, 0.3) is 11.5 Å². The number of aromatic nitrogens is 1. The fourth-order valence-electron chi connectivity index (χ4n) is 3.10. The van der Waals surface area contributed by atoms with Crippen molar-refractivity contribution in [1.82, 2.24) is 10.3 Å². The summed E-state index contributed by atoms with van der Waals surface area (Å²) in [5, 5.41) is 6.09. The van der Waals surface area contributed by atoms with Gasteiger partial charge < -0.3 is 15.6 Å². The number of carbonyl (C=O) groups is 1. The average molecular weight is 365 g/mol. The molecule has 138 valence electrons. The van der Waals surface area contributed by atoms with E-state index in [0.29, 0.717) is 12.5 Å². The fourth-order valence-corrected chi connectivity index (χ4v) is 3.10. The molecule has 8 heteroatoms. The monoisotopic (exact) mass is 365 g/mol. The van der Waals surface area contributed by atoms with Crippen LogP contribution in [0, 0.1) is 6.92 Å². The van der Waals surface area contributed by atoms with Gasteiger partial charge >= 0.3 is 6.18 Å². The second kappa shape index (κ2) is 6.51. The van der Waals surface area contributed by atoms with Gasteiger partial charge in [-0.05, 0) is 44.0 Å². The van der Waals surface area contributed by atoms with Crippen molar-refractivity contribution in [2.24, 2.45) is 0 Å². The van der Waals surface area contributed by atoms with Gasteiger partial charge in [0.2, 0.25) is 0 Å². The van der Waals surface area contributed by atoms with Crippen molar-refractivity contribution in [3.05, 3.63) is 63.1 Å². The van der Waals surface area contributed by atoms with E-state index in [0.717, 1.165) is 22.9 Å². The van der Waals surface area contributed by atoms with Crippen LogP contribution in [0.5, 0.6) is 0 Å². The molecule has 3 rings (SSSR count). The Morgan fingerprint density at radius 2 is 1.96 bits per heavy atom. The van der Waals surface area contributed by atoms with Crippen LogP contribution in [0.25, 0.3) is 0 Å². The molecule has 1 amide bonds. The minimum absolute atomic E-state index is 0.0985. The first kappa shape index (κ1) is 18.0. The third-order valence-electron chi connectivity index (χ3n) is 4.34. The molecule has 0 fully saturated rings. The Morgan fingerprint density at radius 3 is 2.62 bits per heavy atom. The summed E-state index contributed by atoms with van der Waals surface area (Å²) < 4.78 is 37.9. The van der Waals surface area contributed by atoms with Gasteiger partial charge in [0.1, 0.15) is 11.3 Å². The number of carbonyl (C=O) groups excluding carboxylic acids is 1. The lowest BCUT2D eigenvalue weighted by molar-refractivity contribution is -0.141. The van der Waals surface area contributed by atoms with E-state index in [1.54, 1.807) is 4.98 Å². The SMILES string of the molecule is Cc1ccc2c(c1)[C@H](NC(=O)c1ccc(C(F)(F)F)[nH]c1=O)C[C@@H](C)N2. The first-order valence-electron chi connectivity index (χ1n) is 8.13. The number of hydrogen-bond donors (Lipinski definition) is 3. The number of alkyl halides is 3. The van der Waals surface area contributed by atoms with Crippen LogP contribution in [-0.2, 0) is 6.18 Å². The van der Waals surface area contributed by atoms with Crippen molar-refractivity contribution in [2.75, 3.05) is 5.32 Å². The van der Waals surface area contributed by atoms with Crippen LogP contribution < -0.4 is 16.2 Å². The molecule has 1 aromatic heterocycles. The number of nitrogens with one attached hydrogen (secondary N) is 3. The second-order valence-corrected chi connectivity index (χ2v) is 6.51. The molecule has 2 aromatic rings. The molecule has 0 saturated carbocycles. The number of benzene rings is 1. The van der Waals surface area contributed by atoms with Gasteiger partial charge in [-0.25, -0.2) is 0 Å². The van der Waals surface area contributed by atoms with E-state index in [9.17, 15) is 22.8 Å². The van der Waals surface area contributed by atoms with E-state index in [1.807, 2.05) is 32.0 Å². The smallest absolute Gasteiger partial charge is 0.382 e. The summed E-state index contributed by atoms with van der Waals surface area (Å²) in [7, 11) is 0. The Kier molecular flexibility index (Phi) is 4.52. The summed E-state index contributed by atoms with van der Waals surface area (Å²) in [5.41, 5.74) is 0.199. The molecule has 1 aliphatic rings. The molecule has 0 radical (unpaired) electrons. The Labute approximate surface area is 147 Å². The molecule has 0 unspecified atom stereocenters. The van der Waals surface area contributed by atoms with Gasteiger partial charge in [0.05, 0.1) is 6.04 Å². The van der Waals surface area contributed by atoms with Crippen molar-refractivity contribution < 1.29 is 18.0 Å². The fraction of sp³-hybridized carbons (Fsp3) is 0.333. The molecule has 2 atom stereocenters. The number of halogens is 3. The minimum Gasteiger partial charge on any atom is -0.382 e. The highest BCUT2D eigenvalue weighted by molar-refractivity contribution is 5.94. The zero-order valence-corrected chi connectivity index (χ0v) is 14.2. The first-order valence-corrected chi connectivity index (χ1v) is 8.13. The molecule has 3 N–H and O–H groups in total. The third-order valence-corrected chi connectivity index (χ3v) is 4.34. The number of pyridine rings is 1. The van der Waals surface area contributed by atoms with Crippen LogP contribution >= 0.6 is 0 Å². The van der Waals surface area contributed by atoms with E-state index >= 15 is 0 Å². The second-order valence-electron chi connectivity index (χ2n) is 6.51. The summed E-state index contributed by atoms with van der Waals surface area (Å²) in [5.74, 6) is -0.702. The Balaban J connectivity index is 1.87. The van der Waals surface area contributed by atoms with E-state index in [2.05, 4.69) is 10.6 Å². The van der Waals surface area contributed by atoms with Crippen LogP contribution in [-0.4, -0.2) is 16.9 Å². The standard InChI is InChI=1S/C18H18F3N3O2/c1-9-3-5-13-12(7-9)14(8-10(2)22-13)23-16(25)11-4-6-15(18(19,20)21)24-17(11)26/h3-7,10,14,22H,8H2,1-2H3,(H,23,25)(H,24,26)/t10-,14-/m1/s1. The highest BCUT2D eigenvalue weighted by Gasteiger charge is 2.33. The normalized spacial score (nSPS) is 19.4. The number of H-pyrrole nitrogens is 1. The lowest BCUT2D eigenvalue weighted by atomic mass is 9.92. The third kappa shape index (κ3) is 3.58. The van der Waals surface area contributed by atoms with Crippen molar-refractivity contribution in [2.45, 2.75) is 38.5 Å². The number of aryl methyl sites for hydroxylation is 1. The summed E-state index contributed by atoms with van der Waals surface area (Å²) >= 11 is 0. The summed E-state index contributed by atoms with van der Waals surface area (Å²) in [6.45, 7) is 3.89. The van der Waals surface area contributed by atoms with Crippen molar-refractivity contribution >= 4 is 11.6 Å². The molecule has 0 spiro atoms. The van der Waals surface area contributed by atoms with Crippen molar-refractivity contribution in [1.29, 1.82) is 0 Å². The molecule has 26 heavy (non-hydrogen) atoms. The number of anilines is 1. The number of amides is 1. The quantitative estimate of drug-likeness (QED) is 0.764. The van der Waals surface area contributed by atoms with Gasteiger partial charge in [-0.1, -0.05) is 17.7 Å². The molecule has 0 bridgehead atoms. The van der Waals surface area contributed by atoms with E-state index in [4.69, 9.17) is 0 Å². The number of rotatable bonds is 2. The van der Waals surface area contributed by atoms with Gasteiger partial charge in [0.15, 0.2) is 0 Å². The highest BCUT2D eigenvalue weighted by Crippen LogP contribution is 2.33. The Bertz CT molecular complexity index is 905. The van der Waals surface area contributed by atoms with Gasteiger partial charge in [-0.15, -0.1) is 0 Å². The zero-order valence-electron chi connectivity index (χ0n) is 14.2. The molecule has 0 saturated heterocycles. The molecule has 2 heterocycles. The first-order chi connectivity index (χ1) is 12.1. The number of fused-ring (bicyclic) bond motifs is 1. The van der Waals surface area contributed by atoms with Gasteiger partial charge in [0, 0.05) is 11.7 Å². The summed E-state index contributed by atoms with van der Waals surface area (Å²) in [6.07, 6.45) is -4.07. The van der Waals surface area contributed by atoms with E-state index in [-0.39, 0.29) is 17.6 Å². The zero-order chi connectivity index (χ0) is 19.1. The van der Waals surface area contributed by atoms with Crippen LogP contribution in [0.2, 0.25) is 0 Å². The molecule has 1 aromatic carbocycles. The Hall–Kier alpha value is -2.77. The van der Waals surface area contributed by atoms with Crippen molar-refractivity contribution in [3.63, 3.8) is 0 Å². The van der Waals surface area contributed by atoms with Gasteiger partial charge in [-0.3, -0.25) is 9.59 Å². The van der Waals surface area contributed by atoms with E-state index < -0.39 is 23.3 Å². The Morgan fingerprint density at radius 1 is 1.23 bits per heavy atom. The summed E-state index contributed by atoms with van der Waals surface area (Å²) in [6, 6.07) is 7.17. The highest BCUT2D eigenvalue weighted by atomic mass is 19.4. The molecular formula is C18H18F3N3O2. The van der Waals surface area contributed by atoms with Crippen LogP contribution in [0.3, 0.4) is 0 Å². The maximum Gasteiger partial charge on any atom is 0.431 e. The topological polar surface area (TPSA) is 74.0 Å². The predicted octanol–water partition coefficient (Wildman–Crippen LogP) is 3.38. The van der Waals surface area contributed by atoms with Crippen LogP contribution in [0.4, 0.5) is 18.9 Å².